The van der Waals surface area contributed by atoms with Gasteiger partial charge in [-0.05, 0) is 31.2 Å². The summed E-state index contributed by atoms with van der Waals surface area (Å²) in [6.45, 7) is 4.33. The number of methoxy groups -OCH3 is 2. The Morgan fingerprint density at radius 1 is 1.04 bits per heavy atom. The van der Waals surface area contributed by atoms with Crippen LogP contribution in [0.5, 0.6) is 11.5 Å². The third-order valence-corrected chi connectivity index (χ3v) is 3.89. The summed E-state index contributed by atoms with van der Waals surface area (Å²) in [6, 6.07) is 16.0. The van der Waals surface area contributed by atoms with Crippen LogP contribution in [0.1, 0.15) is 6.92 Å². The van der Waals surface area contributed by atoms with E-state index < -0.39 is 0 Å². The Bertz CT molecular complexity index is 710. The number of hydrogen-bond donors (Lipinski definition) is 2. The number of guanidine groups is 1. The summed E-state index contributed by atoms with van der Waals surface area (Å²) in [4.78, 5) is 6.84. The van der Waals surface area contributed by atoms with Gasteiger partial charge in [-0.3, -0.25) is 4.99 Å². The monoisotopic (exact) mass is 484 g/mol. The molecule has 0 amide bonds. The molecule has 0 aliphatic rings. The maximum Gasteiger partial charge on any atom is 0.195 e. The predicted octanol–water partition coefficient (Wildman–Crippen LogP) is 3.84. The van der Waals surface area contributed by atoms with E-state index in [9.17, 15) is 0 Å². The van der Waals surface area contributed by atoms with E-state index in [1.807, 2.05) is 43.3 Å². The molecular formula is C20H29IN4O2. The summed E-state index contributed by atoms with van der Waals surface area (Å²) in [7, 11) is 5.32. The first kappa shape index (κ1) is 22.9. The fourth-order valence-corrected chi connectivity index (χ4v) is 2.48. The molecule has 6 nitrogen and oxygen atoms in total. The smallest absolute Gasteiger partial charge is 0.195 e. The zero-order valence-electron chi connectivity index (χ0n) is 16.4. The second-order valence-electron chi connectivity index (χ2n) is 5.71. The predicted molar refractivity (Wildman–Crippen MR) is 124 cm³/mol. The van der Waals surface area contributed by atoms with E-state index >= 15 is 0 Å². The molecule has 2 aromatic rings. The van der Waals surface area contributed by atoms with Crippen molar-refractivity contribution in [3.63, 3.8) is 0 Å². The fraction of sp³-hybridized carbons (Fsp3) is 0.350. The topological polar surface area (TPSA) is 58.1 Å². The Morgan fingerprint density at radius 3 is 2.37 bits per heavy atom. The van der Waals surface area contributed by atoms with Gasteiger partial charge in [-0.15, -0.1) is 24.0 Å². The van der Waals surface area contributed by atoms with E-state index in [0.29, 0.717) is 18.0 Å². The van der Waals surface area contributed by atoms with Crippen molar-refractivity contribution in [1.29, 1.82) is 0 Å². The minimum Gasteiger partial charge on any atom is -0.493 e. The molecule has 0 atom stereocenters. The first-order valence-corrected chi connectivity index (χ1v) is 8.71. The minimum atomic E-state index is 0. The van der Waals surface area contributed by atoms with Crippen LogP contribution in [-0.4, -0.2) is 46.9 Å². The summed E-state index contributed by atoms with van der Waals surface area (Å²) in [5.74, 6) is 2.11. The molecular weight excluding hydrogens is 455 g/mol. The second-order valence-corrected chi connectivity index (χ2v) is 5.71. The highest BCUT2D eigenvalue weighted by Gasteiger charge is 2.06. The summed E-state index contributed by atoms with van der Waals surface area (Å²) in [5.41, 5.74) is 2.07. The number of nitrogens with one attached hydrogen (secondary N) is 2. The Kier molecular flexibility index (Phi) is 10.4. The van der Waals surface area contributed by atoms with Crippen molar-refractivity contribution < 1.29 is 9.47 Å². The van der Waals surface area contributed by atoms with Gasteiger partial charge < -0.3 is 25.0 Å². The SMILES string of the molecule is CCNC(=NCCN(C)c1ccccc1)Nc1ccc(OC)c(OC)c1.I. The van der Waals surface area contributed by atoms with E-state index in [0.717, 1.165) is 24.7 Å². The lowest BCUT2D eigenvalue weighted by Gasteiger charge is -2.18. The van der Waals surface area contributed by atoms with Gasteiger partial charge in [0.05, 0.1) is 20.8 Å². The Balaban J connectivity index is 0.00000364. The van der Waals surface area contributed by atoms with Gasteiger partial charge in [-0.1, -0.05) is 18.2 Å². The van der Waals surface area contributed by atoms with Crippen LogP contribution >= 0.6 is 24.0 Å². The highest BCUT2D eigenvalue weighted by atomic mass is 127. The number of likely N-dealkylation sites (N-methyl/N-ethyl adjacent to an activating group) is 1. The van der Waals surface area contributed by atoms with Crippen molar-refractivity contribution in [2.24, 2.45) is 4.99 Å². The molecule has 2 aromatic carbocycles. The number of nitrogens with zero attached hydrogens (tertiary/aromatic N) is 2. The highest BCUT2D eigenvalue weighted by Crippen LogP contribution is 2.29. The van der Waals surface area contributed by atoms with E-state index in [4.69, 9.17) is 9.47 Å². The van der Waals surface area contributed by atoms with Crippen molar-refractivity contribution in [3.05, 3.63) is 48.5 Å². The molecule has 0 bridgehead atoms. The molecule has 0 fully saturated rings. The van der Waals surface area contributed by atoms with Crippen molar-refractivity contribution in [2.75, 3.05) is 51.1 Å². The molecule has 0 aliphatic heterocycles. The molecule has 0 aromatic heterocycles. The molecule has 148 valence electrons. The van der Waals surface area contributed by atoms with Crippen LogP contribution in [0.25, 0.3) is 0 Å². The van der Waals surface area contributed by atoms with Gasteiger partial charge in [0.15, 0.2) is 17.5 Å². The van der Waals surface area contributed by atoms with Crippen LogP contribution in [0.15, 0.2) is 53.5 Å². The number of halogens is 1. The van der Waals surface area contributed by atoms with E-state index in [2.05, 4.69) is 39.7 Å². The number of para-hydroxylation sites is 1. The van der Waals surface area contributed by atoms with Gasteiger partial charge in [-0.25, -0.2) is 0 Å². The standard InChI is InChI=1S/C20H28N4O2.HI/c1-5-21-20(22-13-14-24(2)17-9-7-6-8-10-17)23-16-11-12-18(25-3)19(15-16)26-4;/h6-12,15H,5,13-14H2,1-4H3,(H2,21,22,23);1H. The molecule has 0 spiro atoms. The average Bonchev–Trinajstić information content (AvgIpc) is 2.68. The molecule has 0 radical (unpaired) electrons. The lowest BCUT2D eigenvalue weighted by atomic mass is 10.3. The van der Waals surface area contributed by atoms with Crippen molar-refractivity contribution in [1.82, 2.24) is 5.32 Å². The zero-order valence-corrected chi connectivity index (χ0v) is 18.7. The molecule has 27 heavy (non-hydrogen) atoms. The number of hydrogen-bond acceptors (Lipinski definition) is 4. The lowest BCUT2D eigenvalue weighted by Crippen LogP contribution is -2.32. The average molecular weight is 484 g/mol. The van der Waals surface area contributed by atoms with Gasteiger partial charge in [-0.2, -0.15) is 0 Å². The van der Waals surface area contributed by atoms with Crippen LogP contribution < -0.4 is 25.0 Å². The Labute approximate surface area is 179 Å². The number of aliphatic imine (C=N–C) groups is 1. The minimum absolute atomic E-state index is 0. The number of rotatable bonds is 8. The third kappa shape index (κ3) is 7.16. The molecule has 2 rings (SSSR count). The van der Waals surface area contributed by atoms with Crippen molar-refractivity contribution in [2.45, 2.75) is 6.92 Å². The second kappa shape index (κ2) is 12.3. The largest absolute Gasteiger partial charge is 0.493 e. The van der Waals surface area contributed by atoms with Gasteiger partial charge in [0.1, 0.15) is 0 Å². The fourth-order valence-electron chi connectivity index (χ4n) is 2.48. The molecule has 0 saturated heterocycles. The number of anilines is 2. The molecule has 0 aliphatic carbocycles. The van der Waals surface area contributed by atoms with E-state index in [1.165, 1.54) is 5.69 Å². The molecule has 7 heteroatoms. The van der Waals surface area contributed by atoms with E-state index in [1.54, 1.807) is 14.2 Å². The summed E-state index contributed by atoms with van der Waals surface area (Å²) >= 11 is 0. The maximum atomic E-state index is 5.35. The van der Waals surface area contributed by atoms with Crippen LogP contribution in [-0.2, 0) is 0 Å². The Morgan fingerprint density at radius 2 is 1.74 bits per heavy atom. The molecule has 0 unspecified atom stereocenters. The first-order chi connectivity index (χ1) is 12.7. The van der Waals surface area contributed by atoms with Crippen LogP contribution in [0, 0.1) is 0 Å². The highest BCUT2D eigenvalue weighted by molar-refractivity contribution is 14.0. The summed E-state index contributed by atoms with van der Waals surface area (Å²) < 4.78 is 10.6. The van der Waals surface area contributed by atoms with Crippen molar-refractivity contribution in [3.8, 4) is 11.5 Å². The van der Waals surface area contributed by atoms with Crippen LogP contribution in [0.4, 0.5) is 11.4 Å². The van der Waals surface area contributed by atoms with E-state index in [-0.39, 0.29) is 24.0 Å². The van der Waals surface area contributed by atoms with Gasteiger partial charge in [0.2, 0.25) is 0 Å². The van der Waals surface area contributed by atoms with Crippen LogP contribution in [0.3, 0.4) is 0 Å². The quantitative estimate of drug-likeness (QED) is 0.339. The summed E-state index contributed by atoms with van der Waals surface area (Å²) in [6.07, 6.45) is 0. The molecule has 2 N–H and O–H groups in total. The molecule has 0 heterocycles. The number of benzene rings is 2. The van der Waals surface area contributed by atoms with Gasteiger partial charge >= 0.3 is 0 Å². The zero-order chi connectivity index (χ0) is 18.8. The normalized spacial score (nSPS) is 10.6. The van der Waals surface area contributed by atoms with Crippen molar-refractivity contribution >= 4 is 41.3 Å². The first-order valence-electron chi connectivity index (χ1n) is 8.71. The maximum absolute atomic E-state index is 5.35. The van der Waals surface area contributed by atoms with Gasteiger partial charge in [0, 0.05) is 37.6 Å². The molecule has 0 saturated carbocycles. The Hall–Kier alpha value is -2.16. The summed E-state index contributed by atoms with van der Waals surface area (Å²) in [5, 5.41) is 6.56. The number of ether oxygens (including phenoxy) is 2. The lowest BCUT2D eigenvalue weighted by molar-refractivity contribution is 0.355. The third-order valence-electron chi connectivity index (χ3n) is 3.89. The van der Waals surface area contributed by atoms with Crippen LogP contribution in [0.2, 0.25) is 0 Å². The van der Waals surface area contributed by atoms with Gasteiger partial charge in [0.25, 0.3) is 0 Å².